The lowest BCUT2D eigenvalue weighted by atomic mass is 9.84. The van der Waals surface area contributed by atoms with Crippen LogP contribution < -0.4 is 10.1 Å². The minimum absolute atomic E-state index is 0.594. The second kappa shape index (κ2) is 3.85. The molecule has 0 saturated heterocycles. The number of rotatable bonds is 2. The standard InChI is InChI=1S/C14H17NO/c1-2-16-13-8-4-7-12-11-6-3-5-10(11)9-15-14(12)13/h3-4,6-8,10-11,15H,2,5,9H2,1H3. The van der Waals surface area contributed by atoms with Crippen LogP contribution in [0.15, 0.2) is 30.4 Å². The number of hydrogen-bond donors (Lipinski definition) is 1. The van der Waals surface area contributed by atoms with Crippen molar-refractivity contribution >= 4 is 5.69 Å². The average Bonchev–Trinajstić information content (AvgIpc) is 2.78. The van der Waals surface area contributed by atoms with Gasteiger partial charge in [0.15, 0.2) is 0 Å². The molecule has 1 aliphatic heterocycles. The first kappa shape index (κ1) is 9.76. The van der Waals surface area contributed by atoms with Gasteiger partial charge in [0.25, 0.3) is 0 Å². The van der Waals surface area contributed by atoms with Gasteiger partial charge in [-0.2, -0.15) is 0 Å². The second-order valence-corrected chi connectivity index (χ2v) is 4.48. The summed E-state index contributed by atoms with van der Waals surface area (Å²) < 4.78 is 5.67. The molecule has 1 aliphatic carbocycles. The Kier molecular flexibility index (Phi) is 2.35. The second-order valence-electron chi connectivity index (χ2n) is 4.48. The quantitative estimate of drug-likeness (QED) is 0.765. The maximum atomic E-state index is 5.67. The van der Waals surface area contributed by atoms with Gasteiger partial charge in [-0.05, 0) is 30.9 Å². The maximum absolute atomic E-state index is 5.67. The molecule has 2 unspecified atom stereocenters. The Morgan fingerprint density at radius 3 is 3.25 bits per heavy atom. The summed E-state index contributed by atoms with van der Waals surface area (Å²) in [6, 6.07) is 6.37. The number of para-hydroxylation sites is 1. The molecule has 2 atom stereocenters. The normalized spacial score (nSPS) is 25.8. The van der Waals surface area contributed by atoms with Crippen LogP contribution >= 0.6 is 0 Å². The molecule has 0 fully saturated rings. The zero-order valence-electron chi connectivity index (χ0n) is 9.57. The van der Waals surface area contributed by atoms with E-state index < -0.39 is 0 Å². The third kappa shape index (κ3) is 1.41. The van der Waals surface area contributed by atoms with Gasteiger partial charge in [0.05, 0.1) is 12.3 Å². The van der Waals surface area contributed by atoms with Crippen LogP contribution in [0.1, 0.15) is 24.8 Å². The fraction of sp³-hybridized carbons (Fsp3) is 0.429. The molecule has 2 aliphatic rings. The third-order valence-electron chi connectivity index (χ3n) is 3.55. The molecule has 0 radical (unpaired) electrons. The smallest absolute Gasteiger partial charge is 0.142 e. The van der Waals surface area contributed by atoms with Gasteiger partial charge in [0.1, 0.15) is 5.75 Å². The van der Waals surface area contributed by atoms with E-state index in [0.29, 0.717) is 5.92 Å². The summed E-state index contributed by atoms with van der Waals surface area (Å²) in [5, 5.41) is 3.52. The van der Waals surface area contributed by atoms with Crippen LogP contribution in [0.2, 0.25) is 0 Å². The topological polar surface area (TPSA) is 21.3 Å². The first-order chi connectivity index (χ1) is 7.90. The van der Waals surface area contributed by atoms with E-state index in [-0.39, 0.29) is 0 Å². The molecule has 0 amide bonds. The van der Waals surface area contributed by atoms with Crippen molar-refractivity contribution in [2.24, 2.45) is 5.92 Å². The lowest BCUT2D eigenvalue weighted by molar-refractivity contribution is 0.340. The Labute approximate surface area is 96.3 Å². The number of fused-ring (bicyclic) bond motifs is 3. The highest BCUT2D eigenvalue weighted by Gasteiger charge is 2.31. The first-order valence-corrected chi connectivity index (χ1v) is 6.06. The van der Waals surface area contributed by atoms with Crippen molar-refractivity contribution in [3.8, 4) is 5.75 Å². The summed E-state index contributed by atoms with van der Waals surface area (Å²) in [6.45, 7) is 3.82. The first-order valence-electron chi connectivity index (χ1n) is 6.06. The Balaban J connectivity index is 2.03. The van der Waals surface area contributed by atoms with Gasteiger partial charge >= 0.3 is 0 Å². The van der Waals surface area contributed by atoms with E-state index in [1.807, 2.05) is 13.0 Å². The van der Waals surface area contributed by atoms with E-state index in [4.69, 9.17) is 4.74 Å². The Morgan fingerprint density at radius 2 is 2.38 bits per heavy atom. The molecular weight excluding hydrogens is 198 g/mol. The number of ether oxygens (including phenoxy) is 1. The molecule has 0 bridgehead atoms. The molecule has 2 nitrogen and oxygen atoms in total. The molecule has 1 aromatic carbocycles. The van der Waals surface area contributed by atoms with Gasteiger partial charge in [-0.1, -0.05) is 24.3 Å². The molecule has 84 valence electrons. The summed E-state index contributed by atoms with van der Waals surface area (Å²) in [7, 11) is 0. The van der Waals surface area contributed by atoms with Crippen molar-refractivity contribution in [2.75, 3.05) is 18.5 Å². The minimum Gasteiger partial charge on any atom is -0.492 e. The molecule has 0 saturated carbocycles. The van der Waals surface area contributed by atoms with Crippen LogP contribution in [0.4, 0.5) is 5.69 Å². The largest absolute Gasteiger partial charge is 0.492 e. The van der Waals surface area contributed by atoms with Crippen LogP contribution in [-0.2, 0) is 0 Å². The summed E-state index contributed by atoms with van der Waals surface area (Å²) in [6.07, 6.45) is 5.86. The number of benzene rings is 1. The molecular formula is C14H17NO. The predicted molar refractivity (Wildman–Crippen MR) is 66.1 cm³/mol. The molecule has 1 aromatic rings. The highest BCUT2D eigenvalue weighted by Crippen LogP contribution is 2.44. The highest BCUT2D eigenvalue weighted by molar-refractivity contribution is 5.66. The Hall–Kier alpha value is -1.44. The van der Waals surface area contributed by atoms with E-state index in [1.165, 1.54) is 17.7 Å². The van der Waals surface area contributed by atoms with E-state index in [0.717, 1.165) is 24.8 Å². The molecule has 0 aromatic heterocycles. The fourth-order valence-electron chi connectivity index (χ4n) is 2.80. The number of nitrogens with one attached hydrogen (secondary N) is 1. The van der Waals surface area contributed by atoms with Crippen LogP contribution in [0, 0.1) is 5.92 Å². The molecule has 16 heavy (non-hydrogen) atoms. The van der Waals surface area contributed by atoms with Crippen molar-refractivity contribution in [1.82, 2.24) is 0 Å². The van der Waals surface area contributed by atoms with Crippen LogP contribution in [0.3, 0.4) is 0 Å². The predicted octanol–water partition coefficient (Wildman–Crippen LogP) is 3.17. The SMILES string of the molecule is CCOc1cccc2c1NCC1CC=CC21. The van der Waals surface area contributed by atoms with Crippen molar-refractivity contribution in [2.45, 2.75) is 19.3 Å². The maximum Gasteiger partial charge on any atom is 0.142 e. The zero-order valence-corrected chi connectivity index (χ0v) is 9.57. The minimum atomic E-state index is 0.594. The van der Waals surface area contributed by atoms with Gasteiger partial charge in [-0.3, -0.25) is 0 Å². The summed E-state index contributed by atoms with van der Waals surface area (Å²) in [5.74, 6) is 2.33. The molecule has 3 rings (SSSR count). The number of anilines is 1. The van der Waals surface area contributed by atoms with Crippen molar-refractivity contribution < 1.29 is 4.74 Å². The Bertz CT molecular complexity index is 425. The van der Waals surface area contributed by atoms with Gasteiger partial charge in [0.2, 0.25) is 0 Å². The van der Waals surface area contributed by atoms with Gasteiger partial charge in [-0.15, -0.1) is 0 Å². The monoisotopic (exact) mass is 215 g/mol. The number of hydrogen-bond acceptors (Lipinski definition) is 2. The van der Waals surface area contributed by atoms with E-state index in [2.05, 4.69) is 29.6 Å². The van der Waals surface area contributed by atoms with Gasteiger partial charge in [-0.25, -0.2) is 0 Å². The summed E-state index contributed by atoms with van der Waals surface area (Å²) in [4.78, 5) is 0. The van der Waals surface area contributed by atoms with Crippen LogP contribution in [0.5, 0.6) is 5.75 Å². The van der Waals surface area contributed by atoms with E-state index >= 15 is 0 Å². The highest BCUT2D eigenvalue weighted by atomic mass is 16.5. The fourth-order valence-corrected chi connectivity index (χ4v) is 2.80. The lowest BCUT2D eigenvalue weighted by Crippen LogP contribution is -2.24. The zero-order chi connectivity index (χ0) is 11.0. The van der Waals surface area contributed by atoms with Crippen molar-refractivity contribution in [3.63, 3.8) is 0 Å². The van der Waals surface area contributed by atoms with Gasteiger partial charge < -0.3 is 10.1 Å². The Morgan fingerprint density at radius 1 is 1.44 bits per heavy atom. The van der Waals surface area contributed by atoms with Crippen LogP contribution in [-0.4, -0.2) is 13.2 Å². The lowest BCUT2D eigenvalue weighted by Gasteiger charge is -2.30. The van der Waals surface area contributed by atoms with Gasteiger partial charge in [0, 0.05) is 12.5 Å². The molecule has 2 heteroatoms. The molecule has 1 heterocycles. The van der Waals surface area contributed by atoms with Crippen molar-refractivity contribution in [3.05, 3.63) is 35.9 Å². The van der Waals surface area contributed by atoms with Crippen LogP contribution in [0.25, 0.3) is 0 Å². The van der Waals surface area contributed by atoms with E-state index in [9.17, 15) is 0 Å². The summed E-state index contributed by atoms with van der Waals surface area (Å²) >= 11 is 0. The number of allylic oxidation sites excluding steroid dienone is 2. The van der Waals surface area contributed by atoms with Crippen molar-refractivity contribution in [1.29, 1.82) is 0 Å². The molecule has 1 N–H and O–H groups in total. The average molecular weight is 215 g/mol. The molecule has 0 spiro atoms. The van der Waals surface area contributed by atoms with E-state index in [1.54, 1.807) is 0 Å². The summed E-state index contributed by atoms with van der Waals surface area (Å²) in [5.41, 5.74) is 2.60. The third-order valence-corrected chi connectivity index (χ3v) is 3.55.